The molecule has 1 aliphatic carbocycles. The van der Waals surface area contributed by atoms with Crippen molar-refractivity contribution >= 4 is 11.7 Å². The highest BCUT2D eigenvalue weighted by Crippen LogP contribution is 2.20. The van der Waals surface area contributed by atoms with Crippen molar-refractivity contribution in [1.82, 2.24) is 9.88 Å². The van der Waals surface area contributed by atoms with Gasteiger partial charge in [0.15, 0.2) is 11.5 Å². The Kier molecular flexibility index (Phi) is 8.29. The molecule has 204 valence electrons. The maximum atomic E-state index is 14.3. The lowest BCUT2D eigenvalue weighted by Gasteiger charge is -2.16. The van der Waals surface area contributed by atoms with E-state index in [2.05, 4.69) is 5.32 Å². The molecule has 2 unspecified atom stereocenters. The predicted octanol–water partition coefficient (Wildman–Crippen LogP) is 3.70. The normalized spacial score (nSPS) is 17.3. The first-order valence-electron chi connectivity index (χ1n) is 12.1. The number of carbonyl (C=O) groups is 2. The van der Waals surface area contributed by atoms with Crippen LogP contribution in [-0.4, -0.2) is 38.6 Å². The summed E-state index contributed by atoms with van der Waals surface area (Å²) >= 11 is 0. The molecule has 39 heavy (non-hydrogen) atoms. The Hall–Kier alpha value is -4.25. The molecule has 2 aromatic carbocycles. The van der Waals surface area contributed by atoms with Gasteiger partial charge in [-0.05, 0) is 55.2 Å². The monoisotopic (exact) mass is 544 g/mol. The average Bonchev–Trinajstić information content (AvgIpc) is 3.29. The number of aromatic nitrogens is 1. The summed E-state index contributed by atoms with van der Waals surface area (Å²) in [5.74, 6) is -6.89. The van der Waals surface area contributed by atoms with Crippen LogP contribution in [0.15, 0.2) is 65.3 Å². The van der Waals surface area contributed by atoms with E-state index in [9.17, 15) is 42.2 Å². The summed E-state index contributed by atoms with van der Waals surface area (Å²) in [7, 11) is 0. The number of rotatable bonds is 8. The molecular weight excluding hydrogens is 520 g/mol. The molecule has 1 amide bonds. The smallest absolute Gasteiger partial charge is 0.286 e. The third-order valence-electron chi connectivity index (χ3n) is 6.54. The molecule has 3 aromatic rings. The van der Waals surface area contributed by atoms with Crippen molar-refractivity contribution in [3.05, 3.63) is 116 Å². The highest BCUT2D eigenvalue weighted by atomic mass is 19.1. The second kappa shape index (κ2) is 11.6. The summed E-state index contributed by atoms with van der Waals surface area (Å²) in [4.78, 5) is 38.5. The van der Waals surface area contributed by atoms with Crippen LogP contribution in [0.2, 0.25) is 0 Å². The van der Waals surface area contributed by atoms with E-state index in [1.54, 1.807) is 0 Å². The highest BCUT2D eigenvalue weighted by Gasteiger charge is 2.28. The first kappa shape index (κ1) is 27.8. The van der Waals surface area contributed by atoms with E-state index in [0.717, 1.165) is 53.2 Å². The third-order valence-corrected chi connectivity index (χ3v) is 6.54. The Morgan fingerprint density at radius 3 is 2.13 bits per heavy atom. The Balaban J connectivity index is 1.72. The SMILES string of the molecule is O=C(NC1CCCC1O)C(O)=CC(=O)c1cc(Cc2c(F)cccc2F)cn(Cc2c(F)cccc2F)c1=O. The predicted molar refractivity (Wildman–Crippen MR) is 132 cm³/mol. The van der Waals surface area contributed by atoms with Gasteiger partial charge in [0.05, 0.1) is 24.3 Å². The lowest BCUT2D eigenvalue weighted by Crippen LogP contribution is -2.40. The number of hydrogen-bond acceptors (Lipinski definition) is 5. The molecule has 4 rings (SSSR count). The summed E-state index contributed by atoms with van der Waals surface area (Å²) in [5, 5.41) is 22.4. The van der Waals surface area contributed by atoms with E-state index in [1.807, 2.05) is 0 Å². The van der Waals surface area contributed by atoms with Gasteiger partial charge >= 0.3 is 0 Å². The zero-order chi connectivity index (χ0) is 28.3. The number of ketones is 1. The fraction of sp³-hybridized carbons (Fsp3) is 0.250. The van der Waals surface area contributed by atoms with E-state index < -0.39 is 82.5 Å². The maximum Gasteiger partial charge on any atom is 0.286 e. The van der Waals surface area contributed by atoms with Gasteiger partial charge in [0.2, 0.25) is 0 Å². The fourth-order valence-corrected chi connectivity index (χ4v) is 4.47. The summed E-state index contributed by atoms with van der Waals surface area (Å²) in [6.45, 7) is -0.652. The molecule has 1 fully saturated rings. The van der Waals surface area contributed by atoms with Crippen molar-refractivity contribution in [2.45, 2.75) is 44.4 Å². The molecule has 7 nitrogen and oxygen atoms in total. The molecule has 1 aliphatic rings. The summed E-state index contributed by atoms with van der Waals surface area (Å²) in [6, 6.07) is 6.72. The molecule has 1 aromatic heterocycles. The topological polar surface area (TPSA) is 109 Å². The zero-order valence-electron chi connectivity index (χ0n) is 20.5. The lowest BCUT2D eigenvalue weighted by atomic mass is 10.0. The first-order chi connectivity index (χ1) is 18.5. The van der Waals surface area contributed by atoms with Gasteiger partial charge < -0.3 is 20.1 Å². The molecule has 0 spiro atoms. The molecule has 11 heteroatoms. The van der Waals surface area contributed by atoms with E-state index in [4.69, 9.17) is 0 Å². The third kappa shape index (κ3) is 6.26. The second-order valence-corrected chi connectivity index (χ2v) is 9.24. The summed E-state index contributed by atoms with van der Waals surface area (Å²) in [6.07, 6.45) is 1.98. The average molecular weight is 545 g/mol. The van der Waals surface area contributed by atoms with Crippen molar-refractivity contribution < 1.29 is 37.4 Å². The number of benzene rings is 2. The number of aliphatic hydroxyl groups excluding tert-OH is 2. The molecule has 3 N–H and O–H groups in total. The molecule has 0 aliphatic heterocycles. The van der Waals surface area contributed by atoms with Gasteiger partial charge in [-0.3, -0.25) is 14.4 Å². The molecule has 1 heterocycles. The fourth-order valence-electron chi connectivity index (χ4n) is 4.47. The minimum Gasteiger partial charge on any atom is -0.503 e. The van der Waals surface area contributed by atoms with Crippen LogP contribution >= 0.6 is 0 Å². The number of nitrogens with one attached hydrogen (secondary N) is 1. The minimum atomic E-state index is -1.13. The quantitative estimate of drug-likeness (QED) is 0.174. The van der Waals surface area contributed by atoms with Crippen LogP contribution in [0.3, 0.4) is 0 Å². The minimum absolute atomic E-state index is 0.0464. The van der Waals surface area contributed by atoms with Crippen LogP contribution in [0.4, 0.5) is 17.6 Å². The van der Waals surface area contributed by atoms with Crippen LogP contribution in [-0.2, 0) is 17.8 Å². The van der Waals surface area contributed by atoms with Gasteiger partial charge in [-0.1, -0.05) is 12.1 Å². The molecule has 2 atom stereocenters. The maximum absolute atomic E-state index is 14.3. The van der Waals surface area contributed by atoms with E-state index >= 15 is 0 Å². The Morgan fingerprint density at radius 1 is 0.974 bits per heavy atom. The summed E-state index contributed by atoms with van der Waals surface area (Å²) in [5.41, 5.74) is -2.44. The van der Waals surface area contributed by atoms with Gasteiger partial charge in [-0.2, -0.15) is 0 Å². The van der Waals surface area contributed by atoms with Crippen LogP contribution in [0.5, 0.6) is 0 Å². The van der Waals surface area contributed by atoms with Gasteiger partial charge in [-0.15, -0.1) is 0 Å². The molecule has 0 saturated heterocycles. The number of carbonyl (C=O) groups excluding carboxylic acids is 2. The molecule has 0 radical (unpaired) electrons. The highest BCUT2D eigenvalue weighted by molar-refractivity contribution is 6.08. The molecule has 0 bridgehead atoms. The number of amides is 1. The zero-order valence-corrected chi connectivity index (χ0v) is 20.5. The van der Waals surface area contributed by atoms with E-state index in [-0.39, 0.29) is 11.1 Å². The molecular formula is C28H24F4N2O5. The van der Waals surface area contributed by atoms with Crippen molar-refractivity contribution in [1.29, 1.82) is 0 Å². The van der Waals surface area contributed by atoms with Gasteiger partial charge in [0.25, 0.3) is 11.5 Å². The number of nitrogens with zero attached hydrogens (tertiary/aromatic N) is 1. The Bertz CT molecular complexity index is 1480. The van der Waals surface area contributed by atoms with Crippen molar-refractivity contribution in [2.75, 3.05) is 0 Å². The lowest BCUT2D eigenvalue weighted by molar-refractivity contribution is -0.121. The number of halogens is 4. The number of pyridine rings is 1. The number of hydrogen-bond donors (Lipinski definition) is 3. The number of aliphatic hydroxyl groups is 2. The van der Waals surface area contributed by atoms with Gasteiger partial charge in [0, 0.05) is 29.8 Å². The largest absolute Gasteiger partial charge is 0.503 e. The standard InChI is InChI=1S/C28H24F4N2O5/c29-19-4-1-5-20(30)16(19)10-15-11-17(25(36)12-26(37)27(38)33-23-8-3-9-24(23)35)28(39)34(13-15)14-18-21(31)6-2-7-22(18)32/h1-2,4-7,11-13,23-24,35,37H,3,8-10,14H2,(H,33,38). The van der Waals surface area contributed by atoms with Crippen LogP contribution in [0.25, 0.3) is 0 Å². The first-order valence-corrected chi connectivity index (χ1v) is 12.1. The van der Waals surface area contributed by atoms with Crippen LogP contribution < -0.4 is 10.9 Å². The van der Waals surface area contributed by atoms with Gasteiger partial charge in [0.1, 0.15) is 23.3 Å². The molecule has 1 saturated carbocycles. The van der Waals surface area contributed by atoms with E-state index in [0.29, 0.717) is 25.3 Å². The second-order valence-electron chi connectivity index (χ2n) is 9.24. The van der Waals surface area contributed by atoms with Crippen LogP contribution in [0, 0.1) is 23.3 Å². The van der Waals surface area contributed by atoms with Crippen molar-refractivity contribution in [3.63, 3.8) is 0 Å². The Morgan fingerprint density at radius 2 is 1.56 bits per heavy atom. The van der Waals surface area contributed by atoms with Gasteiger partial charge in [-0.25, -0.2) is 17.6 Å². The van der Waals surface area contributed by atoms with Crippen LogP contribution in [0.1, 0.15) is 46.3 Å². The summed E-state index contributed by atoms with van der Waals surface area (Å²) < 4.78 is 58.0. The number of allylic oxidation sites excluding steroid dienone is 1. The Labute approximate surface area is 220 Å². The van der Waals surface area contributed by atoms with Crippen molar-refractivity contribution in [2.24, 2.45) is 0 Å². The van der Waals surface area contributed by atoms with Crippen molar-refractivity contribution in [3.8, 4) is 0 Å². The van der Waals surface area contributed by atoms with E-state index in [1.165, 1.54) is 0 Å².